The first-order chi connectivity index (χ1) is 8.08. The van der Waals surface area contributed by atoms with Crippen molar-refractivity contribution in [2.45, 2.75) is 13.0 Å². The first-order valence-corrected chi connectivity index (χ1v) is 5.38. The molecule has 0 aliphatic heterocycles. The molecule has 0 heterocycles. The van der Waals surface area contributed by atoms with Crippen LogP contribution in [0.3, 0.4) is 0 Å². The van der Waals surface area contributed by atoms with E-state index in [4.69, 9.17) is 10.5 Å². The summed E-state index contributed by atoms with van der Waals surface area (Å²) in [4.78, 5) is 11.8. The van der Waals surface area contributed by atoms with Gasteiger partial charge in [0.1, 0.15) is 5.75 Å². The van der Waals surface area contributed by atoms with Crippen molar-refractivity contribution in [1.29, 1.82) is 0 Å². The molecule has 5 nitrogen and oxygen atoms in total. The summed E-state index contributed by atoms with van der Waals surface area (Å²) >= 11 is 0. The molecule has 0 spiro atoms. The molecule has 1 atom stereocenters. The summed E-state index contributed by atoms with van der Waals surface area (Å²) in [6, 6.07) is 4.56. The van der Waals surface area contributed by atoms with Gasteiger partial charge in [0, 0.05) is 19.2 Å². The molecule has 17 heavy (non-hydrogen) atoms. The van der Waals surface area contributed by atoms with Crippen LogP contribution in [0.5, 0.6) is 5.75 Å². The normalized spacial score (nSPS) is 12.2. The number of nitrogens with two attached hydrogens (primary N) is 1. The summed E-state index contributed by atoms with van der Waals surface area (Å²) < 4.78 is 4.93. The van der Waals surface area contributed by atoms with Crippen LogP contribution in [0.1, 0.15) is 15.9 Å². The smallest absolute Gasteiger partial charge is 0.251 e. The lowest BCUT2D eigenvalue weighted by Crippen LogP contribution is -2.43. The van der Waals surface area contributed by atoms with Gasteiger partial charge in [-0.2, -0.15) is 0 Å². The van der Waals surface area contributed by atoms with Crippen LogP contribution in [0.15, 0.2) is 18.2 Å². The van der Waals surface area contributed by atoms with Gasteiger partial charge in [-0.25, -0.2) is 0 Å². The lowest BCUT2D eigenvalue weighted by Gasteiger charge is -2.15. The van der Waals surface area contributed by atoms with Crippen LogP contribution in [-0.4, -0.2) is 37.3 Å². The van der Waals surface area contributed by atoms with Gasteiger partial charge in [0.2, 0.25) is 0 Å². The van der Waals surface area contributed by atoms with Gasteiger partial charge < -0.3 is 20.9 Å². The number of hydrogen-bond acceptors (Lipinski definition) is 4. The second kappa shape index (κ2) is 6.22. The number of hydrogen-bond donors (Lipinski definition) is 3. The number of methoxy groups -OCH3 is 1. The van der Waals surface area contributed by atoms with E-state index in [2.05, 4.69) is 5.32 Å². The van der Waals surface area contributed by atoms with Gasteiger partial charge in [0.05, 0.1) is 12.6 Å². The van der Waals surface area contributed by atoms with Crippen molar-refractivity contribution >= 4 is 5.91 Å². The van der Waals surface area contributed by atoms with Crippen LogP contribution in [0.2, 0.25) is 0 Å². The Balaban J connectivity index is 2.72. The van der Waals surface area contributed by atoms with E-state index < -0.39 is 0 Å². The third-order valence-electron chi connectivity index (χ3n) is 2.46. The fraction of sp³-hybridized carbons (Fsp3) is 0.417. The average molecular weight is 238 g/mol. The number of phenolic OH excluding ortho intramolecular Hbond substituents is 1. The van der Waals surface area contributed by atoms with Crippen molar-refractivity contribution in [2.75, 3.05) is 20.3 Å². The maximum Gasteiger partial charge on any atom is 0.251 e. The van der Waals surface area contributed by atoms with Gasteiger partial charge in [-0.1, -0.05) is 6.07 Å². The molecule has 1 amide bonds. The van der Waals surface area contributed by atoms with E-state index >= 15 is 0 Å². The third kappa shape index (κ3) is 3.72. The Morgan fingerprint density at radius 3 is 2.82 bits per heavy atom. The molecule has 0 aromatic heterocycles. The zero-order chi connectivity index (χ0) is 12.8. The number of benzene rings is 1. The van der Waals surface area contributed by atoms with Gasteiger partial charge >= 0.3 is 0 Å². The van der Waals surface area contributed by atoms with Crippen molar-refractivity contribution in [2.24, 2.45) is 5.73 Å². The number of nitrogens with one attached hydrogen (secondary N) is 1. The summed E-state index contributed by atoms with van der Waals surface area (Å²) in [5.41, 5.74) is 6.63. The van der Waals surface area contributed by atoms with Crippen molar-refractivity contribution in [3.63, 3.8) is 0 Å². The lowest BCUT2D eigenvalue weighted by atomic mass is 10.1. The predicted octanol–water partition coefficient (Wildman–Crippen LogP) is 0.404. The summed E-state index contributed by atoms with van der Waals surface area (Å²) in [7, 11) is 1.55. The maximum absolute atomic E-state index is 11.8. The van der Waals surface area contributed by atoms with Crippen LogP contribution in [0.25, 0.3) is 0 Å². The van der Waals surface area contributed by atoms with E-state index in [1.807, 2.05) is 0 Å². The molecule has 1 rings (SSSR count). The second-order valence-electron chi connectivity index (χ2n) is 3.86. The Bertz CT molecular complexity index is 393. The Labute approximate surface area is 101 Å². The number of amides is 1. The fourth-order valence-electron chi connectivity index (χ4n) is 1.39. The Hall–Kier alpha value is -1.59. The maximum atomic E-state index is 11.8. The molecule has 0 aliphatic rings. The molecule has 0 bridgehead atoms. The van der Waals surface area contributed by atoms with Crippen molar-refractivity contribution in [3.8, 4) is 5.75 Å². The zero-order valence-electron chi connectivity index (χ0n) is 10.1. The molecule has 4 N–H and O–H groups in total. The van der Waals surface area contributed by atoms with Crippen molar-refractivity contribution in [1.82, 2.24) is 5.32 Å². The van der Waals surface area contributed by atoms with Gasteiger partial charge in [0.15, 0.2) is 0 Å². The molecule has 0 aliphatic carbocycles. The first-order valence-electron chi connectivity index (χ1n) is 5.38. The quantitative estimate of drug-likeness (QED) is 0.693. The minimum absolute atomic E-state index is 0.105. The highest BCUT2D eigenvalue weighted by molar-refractivity contribution is 5.94. The van der Waals surface area contributed by atoms with Gasteiger partial charge in [-0.15, -0.1) is 0 Å². The fourth-order valence-corrected chi connectivity index (χ4v) is 1.39. The van der Waals surface area contributed by atoms with E-state index in [9.17, 15) is 9.90 Å². The van der Waals surface area contributed by atoms with Gasteiger partial charge in [-0.05, 0) is 24.6 Å². The van der Waals surface area contributed by atoms with Crippen LogP contribution >= 0.6 is 0 Å². The molecule has 0 saturated heterocycles. The van der Waals surface area contributed by atoms with Crippen LogP contribution < -0.4 is 11.1 Å². The number of ether oxygens (including phenoxy) is 1. The monoisotopic (exact) mass is 238 g/mol. The molecule has 0 fully saturated rings. The largest absolute Gasteiger partial charge is 0.508 e. The summed E-state index contributed by atoms with van der Waals surface area (Å²) in [6.45, 7) is 2.43. The van der Waals surface area contributed by atoms with Gasteiger partial charge in [0.25, 0.3) is 5.91 Å². The topological polar surface area (TPSA) is 84.6 Å². The number of aryl methyl sites for hydroxylation is 1. The number of rotatable bonds is 5. The second-order valence-corrected chi connectivity index (χ2v) is 3.86. The predicted molar refractivity (Wildman–Crippen MR) is 65.0 cm³/mol. The first kappa shape index (κ1) is 13.5. The van der Waals surface area contributed by atoms with Crippen LogP contribution in [0, 0.1) is 6.92 Å². The van der Waals surface area contributed by atoms with E-state index in [0.717, 1.165) is 5.56 Å². The lowest BCUT2D eigenvalue weighted by molar-refractivity contribution is 0.0900. The summed E-state index contributed by atoms with van der Waals surface area (Å²) in [6.07, 6.45) is 0. The van der Waals surface area contributed by atoms with Gasteiger partial charge in [-0.3, -0.25) is 4.79 Å². The minimum Gasteiger partial charge on any atom is -0.508 e. The zero-order valence-corrected chi connectivity index (χ0v) is 10.1. The van der Waals surface area contributed by atoms with E-state index in [1.165, 1.54) is 6.07 Å². The molecule has 0 saturated carbocycles. The van der Waals surface area contributed by atoms with E-state index in [1.54, 1.807) is 26.2 Å². The number of phenols is 1. The Morgan fingerprint density at radius 1 is 1.59 bits per heavy atom. The molecule has 5 heteroatoms. The summed E-state index contributed by atoms with van der Waals surface area (Å²) in [5.74, 6) is -0.165. The van der Waals surface area contributed by atoms with E-state index in [-0.39, 0.29) is 17.7 Å². The molecular weight excluding hydrogens is 220 g/mol. The third-order valence-corrected chi connectivity index (χ3v) is 2.46. The number of aromatic hydroxyl groups is 1. The number of carbonyl (C=O) groups is 1. The van der Waals surface area contributed by atoms with Crippen molar-refractivity contribution < 1.29 is 14.6 Å². The SMILES string of the molecule is COCC(CN)NC(=O)c1ccc(C)c(O)c1. The minimum atomic E-state index is -0.271. The molecule has 1 aromatic carbocycles. The Kier molecular flexibility index (Phi) is 4.93. The number of carbonyl (C=O) groups excluding carboxylic acids is 1. The van der Waals surface area contributed by atoms with Crippen LogP contribution in [-0.2, 0) is 4.74 Å². The van der Waals surface area contributed by atoms with Crippen molar-refractivity contribution in [3.05, 3.63) is 29.3 Å². The Morgan fingerprint density at radius 2 is 2.29 bits per heavy atom. The molecule has 1 aromatic rings. The molecule has 0 radical (unpaired) electrons. The highest BCUT2D eigenvalue weighted by atomic mass is 16.5. The van der Waals surface area contributed by atoms with E-state index in [0.29, 0.717) is 18.7 Å². The highest BCUT2D eigenvalue weighted by Crippen LogP contribution is 2.17. The standard InChI is InChI=1S/C12H18N2O3/c1-8-3-4-9(5-11(8)15)12(16)14-10(6-13)7-17-2/h3-5,10,15H,6-7,13H2,1-2H3,(H,14,16). The average Bonchev–Trinajstić information content (AvgIpc) is 2.31. The summed E-state index contributed by atoms with van der Waals surface area (Å²) in [5, 5.41) is 12.2. The highest BCUT2D eigenvalue weighted by Gasteiger charge is 2.13. The molecule has 94 valence electrons. The molecular formula is C12H18N2O3. The molecule has 1 unspecified atom stereocenters. The van der Waals surface area contributed by atoms with Crippen LogP contribution in [0.4, 0.5) is 0 Å².